The summed E-state index contributed by atoms with van der Waals surface area (Å²) in [6, 6.07) is -3.68. The lowest BCUT2D eigenvalue weighted by Crippen LogP contribution is -2.62. The van der Waals surface area contributed by atoms with E-state index in [1.807, 2.05) is 27.7 Å². The van der Waals surface area contributed by atoms with Crippen molar-refractivity contribution in [1.29, 1.82) is 0 Å². The molecule has 6 atom stereocenters. The molecule has 1 aromatic heterocycles. The number of hydrogen-bond donors (Lipinski definition) is 4. The molecule has 1 aromatic rings. The molecule has 13 heteroatoms. The molecule has 5 rings (SSSR count). The highest BCUT2D eigenvalue weighted by Crippen LogP contribution is 2.43. The number of amides is 5. The van der Waals surface area contributed by atoms with Crippen LogP contribution in [0.4, 0.5) is 0 Å². The zero-order valence-corrected chi connectivity index (χ0v) is 29.3. The number of rotatable bonds is 13. The van der Waals surface area contributed by atoms with E-state index >= 15 is 0 Å². The molecular weight excluding hydrogens is 626 g/mol. The Morgan fingerprint density at radius 1 is 0.898 bits per heavy atom. The number of carbonyl (C=O) groups is 6. The lowest BCUT2D eigenvalue weighted by atomic mass is 9.82. The summed E-state index contributed by atoms with van der Waals surface area (Å²) in [6.07, 6.45) is 13.9. The maximum atomic E-state index is 14.6. The van der Waals surface area contributed by atoms with Crippen LogP contribution in [0.15, 0.2) is 18.6 Å². The molecule has 268 valence electrons. The summed E-state index contributed by atoms with van der Waals surface area (Å²) in [7, 11) is 0. The first-order valence-corrected chi connectivity index (χ1v) is 18.2. The van der Waals surface area contributed by atoms with Crippen molar-refractivity contribution in [2.75, 3.05) is 6.54 Å². The highest BCUT2D eigenvalue weighted by molar-refractivity contribution is 6.38. The first kappa shape index (κ1) is 36.4. The van der Waals surface area contributed by atoms with Gasteiger partial charge < -0.3 is 26.2 Å². The highest BCUT2D eigenvalue weighted by atomic mass is 16.2. The van der Waals surface area contributed by atoms with E-state index in [0.717, 1.165) is 64.2 Å². The van der Waals surface area contributed by atoms with Gasteiger partial charge in [-0.2, -0.15) is 0 Å². The van der Waals surface area contributed by atoms with E-state index in [0.29, 0.717) is 19.4 Å². The van der Waals surface area contributed by atoms with Gasteiger partial charge in [-0.25, -0.2) is 4.98 Å². The summed E-state index contributed by atoms with van der Waals surface area (Å²) in [4.78, 5) is 91.4. The van der Waals surface area contributed by atoms with Crippen LogP contribution in [0, 0.1) is 23.2 Å². The first-order chi connectivity index (χ1) is 23.4. The summed E-state index contributed by atoms with van der Waals surface area (Å²) in [6.45, 7) is 7.85. The average molecular weight is 680 g/mol. The third-order valence-electron chi connectivity index (χ3n) is 10.7. The van der Waals surface area contributed by atoms with Crippen LogP contribution in [0.3, 0.4) is 0 Å². The van der Waals surface area contributed by atoms with Gasteiger partial charge in [0.05, 0.1) is 12.2 Å². The van der Waals surface area contributed by atoms with E-state index < -0.39 is 59.0 Å². The summed E-state index contributed by atoms with van der Waals surface area (Å²) in [5.74, 6) is -3.20. The molecule has 0 bridgehead atoms. The van der Waals surface area contributed by atoms with Gasteiger partial charge in [-0.15, -0.1) is 0 Å². The number of hydrogen-bond acceptors (Lipinski definition) is 8. The highest BCUT2D eigenvalue weighted by Gasteiger charge is 2.52. The van der Waals surface area contributed by atoms with E-state index in [1.54, 1.807) is 4.90 Å². The van der Waals surface area contributed by atoms with Crippen LogP contribution >= 0.6 is 0 Å². The smallest absolute Gasteiger partial charge is 0.289 e. The van der Waals surface area contributed by atoms with Gasteiger partial charge in [0, 0.05) is 25.0 Å². The Labute approximate surface area is 288 Å². The fraction of sp³-hybridized carbons (Fsp3) is 0.722. The van der Waals surface area contributed by atoms with Crippen molar-refractivity contribution in [2.24, 2.45) is 23.2 Å². The molecule has 2 heterocycles. The molecule has 13 nitrogen and oxygen atoms in total. The van der Waals surface area contributed by atoms with Gasteiger partial charge in [-0.3, -0.25) is 33.8 Å². The van der Waals surface area contributed by atoms with Crippen LogP contribution in [0.1, 0.15) is 115 Å². The van der Waals surface area contributed by atoms with Gasteiger partial charge in [-0.1, -0.05) is 59.8 Å². The molecule has 49 heavy (non-hydrogen) atoms. The van der Waals surface area contributed by atoms with Crippen LogP contribution in [-0.2, 0) is 24.0 Å². The van der Waals surface area contributed by atoms with Crippen molar-refractivity contribution in [1.82, 2.24) is 36.1 Å². The molecule has 0 spiro atoms. The average Bonchev–Trinajstić information content (AvgIpc) is 3.65. The molecule has 4 aliphatic rings. The van der Waals surface area contributed by atoms with Crippen LogP contribution < -0.4 is 21.3 Å². The molecule has 5 unspecified atom stereocenters. The second-order valence-corrected chi connectivity index (χ2v) is 15.5. The number of aromatic nitrogens is 2. The van der Waals surface area contributed by atoms with Gasteiger partial charge in [0.2, 0.25) is 23.5 Å². The van der Waals surface area contributed by atoms with Crippen LogP contribution in [-0.4, -0.2) is 86.9 Å². The monoisotopic (exact) mass is 679 g/mol. The Morgan fingerprint density at radius 3 is 2.27 bits per heavy atom. The van der Waals surface area contributed by atoms with Crippen molar-refractivity contribution in [3.05, 3.63) is 24.3 Å². The van der Waals surface area contributed by atoms with Crippen molar-refractivity contribution in [3.63, 3.8) is 0 Å². The first-order valence-electron chi connectivity index (χ1n) is 18.2. The standard InChI is InChI=1S/C36H53N7O6/c1-5-10-25(29(44)34(48)39-23-15-16-23)40-33(47)28-24-14-9-13-22(24)20-43(28)35(49)30(36(2,3)4)42-32(46)27(21-11-7-6-8-12-21)41-31(45)26-19-37-17-18-38-26/h17-19,21-25,27-28,30H,5-16,20H2,1-4H3,(H,39,48)(H,40,47)(H,41,45)(H,42,46)/t22?,24?,25?,27?,28-,30?/m0/s1. The van der Waals surface area contributed by atoms with Gasteiger partial charge in [0.25, 0.3) is 11.8 Å². The molecule has 0 aromatic carbocycles. The normalized spacial score (nSPS) is 24.2. The number of Topliss-reactive ketones (excluding diaryl/α,β-unsaturated/α-hetero) is 1. The van der Waals surface area contributed by atoms with Gasteiger partial charge >= 0.3 is 0 Å². The predicted molar refractivity (Wildman–Crippen MR) is 181 cm³/mol. The Morgan fingerprint density at radius 2 is 1.63 bits per heavy atom. The molecule has 4 N–H and O–H groups in total. The molecule has 3 aliphatic carbocycles. The topological polar surface area (TPSA) is 180 Å². The Hall–Kier alpha value is -3.90. The van der Waals surface area contributed by atoms with E-state index in [1.165, 1.54) is 18.6 Å². The molecule has 1 aliphatic heterocycles. The minimum Gasteiger partial charge on any atom is -0.347 e. The number of nitrogens with one attached hydrogen (secondary N) is 4. The third kappa shape index (κ3) is 8.83. The minimum absolute atomic E-state index is 0.0132. The van der Waals surface area contributed by atoms with Crippen LogP contribution in [0.2, 0.25) is 0 Å². The van der Waals surface area contributed by atoms with E-state index in [2.05, 4.69) is 31.2 Å². The van der Waals surface area contributed by atoms with E-state index in [-0.39, 0.29) is 35.4 Å². The van der Waals surface area contributed by atoms with Crippen molar-refractivity contribution >= 4 is 35.3 Å². The van der Waals surface area contributed by atoms with Gasteiger partial charge in [-0.05, 0) is 68.1 Å². The summed E-state index contributed by atoms with van der Waals surface area (Å²) < 4.78 is 0. The number of ketones is 1. The minimum atomic E-state index is -0.994. The molecule has 4 fully saturated rings. The lowest BCUT2D eigenvalue weighted by Gasteiger charge is -2.38. The number of likely N-dealkylation sites (tertiary alicyclic amines) is 1. The second-order valence-electron chi connectivity index (χ2n) is 15.5. The summed E-state index contributed by atoms with van der Waals surface area (Å²) in [5.41, 5.74) is -0.638. The zero-order chi connectivity index (χ0) is 35.3. The quantitative estimate of drug-likeness (QED) is 0.230. The Balaban J connectivity index is 1.36. The second kappa shape index (κ2) is 15.8. The summed E-state index contributed by atoms with van der Waals surface area (Å²) in [5, 5.41) is 11.5. The zero-order valence-electron chi connectivity index (χ0n) is 29.3. The fourth-order valence-electron chi connectivity index (χ4n) is 7.87. The molecule has 1 saturated heterocycles. The molecule has 5 amide bonds. The maximum absolute atomic E-state index is 14.6. The van der Waals surface area contributed by atoms with Crippen molar-refractivity contribution < 1.29 is 28.8 Å². The molecule has 3 saturated carbocycles. The third-order valence-corrected chi connectivity index (χ3v) is 10.7. The van der Waals surface area contributed by atoms with E-state index in [4.69, 9.17) is 0 Å². The number of carbonyl (C=O) groups excluding carboxylic acids is 6. The summed E-state index contributed by atoms with van der Waals surface area (Å²) >= 11 is 0. The van der Waals surface area contributed by atoms with Crippen molar-refractivity contribution in [2.45, 2.75) is 135 Å². The van der Waals surface area contributed by atoms with Gasteiger partial charge in [0.15, 0.2) is 0 Å². The fourth-order valence-corrected chi connectivity index (χ4v) is 7.87. The predicted octanol–water partition coefficient (Wildman–Crippen LogP) is 2.45. The Bertz CT molecular complexity index is 1390. The van der Waals surface area contributed by atoms with Crippen LogP contribution in [0.5, 0.6) is 0 Å². The Kier molecular flexibility index (Phi) is 11.7. The number of fused-ring (bicyclic) bond motifs is 1. The van der Waals surface area contributed by atoms with E-state index in [9.17, 15) is 28.8 Å². The maximum Gasteiger partial charge on any atom is 0.289 e. The van der Waals surface area contributed by atoms with Gasteiger partial charge in [0.1, 0.15) is 23.8 Å². The SMILES string of the molecule is CCCC(NC(=O)[C@@H]1C2CCCC2CN1C(=O)C(NC(=O)C(NC(=O)c1cnccn1)C1CCCCC1)C(C)(C)C)C(=O)C(=O)NC1CC1. The molecule has 0 radical (unpaired) electrons. The van der Waals surface area contributed by atoms with Crippen molar-refractivity contribution in [3.8, 4) is 0 Å². The lowest BCUT2D eigenvalue weighted by molar-refractivity contribution is -0.146. The number of nitrogens with zero attached hydrogens (tertiary/aromatic N) is 3. The molecular formula is C36H53N7O6. The largest absolute Gasteiger partial charge is 0.347 e. The van der Waals surface area contributed by atoms with Crippen LogP contribution in [0.25, 0.3) is 0 Å².